The maximum absolute atomic E-state index is 5.35. The number of rotatable bonds is 7. The lowest BCUT2D eigenvalue weighted by atomic mass is 10.1. The Kier molecular flexibility index (Phi) is 5.46. The van der Waals surface area contributed by atoms with Crippen molar-refractivity contribution in [3.05, 3.63) is 53.6 Å². The predicted octanol–water partition coefficient (Wildman–Crippen LogP) is 3.46. The lowest BCUT2D eigenvalue weighted by Crippen LogP contribution is -2.02. The Labute approximate surface area is 125 Å². The number of ether oxygens (including phenoxy) is 3. The molecule has 0 aliphatic rings. The van der Waals surface area contributed by atoms with Gasteiger partial charge in [-0.25, -0.2) is 0 Å². The van der Waals surface area contributed by atoms with Crippen molar-refractivity contribution in [2.75, 3.05) is 26.6 Å². The molecule has 0 atom stereocenters. The molecule has 0 amide bonds. The van der Waals surface area contributed by atoms with Crippen molar-refractivity contribution in [3.63, 3.8) is 0 Å². The van der Waals surface area contributed by atoms with Gasteiger partial charge in [-0.1, -0.05) is 24.3 Å². The zero-order chi connectivity index (χ0) is 15.1. The Morgan fingerprint density at radius 1 is 0.857 bits per heavy atom. The Morgan fingerprint density at radius 2 is 1.57 bits per heavy atom. The van der Waals surface area contributed by atoms with Crippen molar-refractivity contribution in [1.29, 1.82) is 0 Å². The molecular weight excluding hydrogens is 266 g/mol. The summed E-state index contributed by atoms with van der Waals surface area (Å²) in [4.78, 5) is 0. The van der Waals surface area contributed by atoms with E-state index in [0.29, 0.717) is 6.61 Å². The summed E-state index contributed by atoms with van der Waals surface area (Å²) in [6.45, 7) is 1.36. The van der Waals surface area contributed by atoms with Gasteiger partial charge in [-0.05, 0) is 23.3 Å². The van der Waals surface area contributed by atoms with Crippen LogP contribution in [-0.2, 0) is 17.9 Å². The first-order chi connectivity index (χ1) is 10.3. The van der Waals surface area contributed by atoms with E-state index < -0.39 is 0 Å². The molecule has 0 saturated heterocycles. The number of hydrogen-bond acceptors (Lipinski definition) is 4. The minimum atomic E-state index is 0.636. The smallest absolute Gasteiger partial charge is 0.142 e. The fraction of sp³-hybridized carbons (Fsp3) is 0.294. The molecule has 4 nitrogen and oxygen atoms in total. The molecule has 1 N–H and O–H groups in total. The highest BCUT2D eigenvalue weighted by Crippen LogP contribution is 2.29. The molecular formula is C17H21NO3. The van der Waals surface area contributed by atoms with Gasteiger partial charge in [0.2, 0.25) is 0 Å². The maximum Gasteiger partial charge on any atom is 0.142 e. The van der Waals surface area contributed by atoms with Crippen molar-refractivity contribution in [2.24, 2.45) is 0 Å². The lowest BCUT2D eigenvalue weighted by Gasteiger charge is -2.13. The summed E-state index contributed by atoms with van der Waals surface area (Å²) in [6.07, 6.45) is 0. The van der Waals surface area contributed by atoms with Crippen LogP contribution in [0.1, 0.15) is 11.1 Å². The molecule has 0 bridgehead atoms. The molecule has 0 aliphatic carbocycles. The van der Waals surface area contributed by atoms with Gasteiger partial charge < -0.3 is 19.5 Å². The molecule has 4 heteroatoms. The SMILES string of the molecule is COCc1ccc(CNc2cc(OC)ccc2OC)cc1. The molecule has 0 unspecified atom stereocenters. The Bertz CT molecular complexity index is 567. The van der Waals surface area contributed by atoms with Crippen LogP contribution in [0.3, 0.4) is 0 Å². The second kappa shape index (κ2) is 7.55. The van der Waals surface area contributed by atoms with Crippen LogP contribution >= 0.6 is 0 Å². The van der Waals surface area contributed by atoms with Crippen LogP contribution in [0.5, 0.6) is 11.5 Å². The van der Waals surface area contributed by atoms with E-state index in [9.17, 15) is 0 Å². The topological polar surface area (TPSA) is 39.7 Å². The van der Waals surface area contributed by atoms with Crippen LogP contribution in [0.4, 0.5) is 5.69 Å². The van der Waals surface area contributed by atoms with Gasteiger partial charge in [-0.2, -0.15) is 0 Å². The average Bonchev–Trinajstić information content (AvgIpc) is 2.54. The van der Waals surface area contributed by atoms with E-state index in [2.05, 4.69) is 29.6 Å². The average molecular weight is 287 g/mol. The Balaban J connectivity index is 2.04. The van der Waals surface area contributed by atoms with E-state index in [4.69, 9.17) is 14.2 Å². The number of methoxy groups -OCH3 is 3. The third-order valence-electron chi connectivity index (χ3n) is 3.22. The second-order valence-corrected chi connectivity index (χ2v) is 4.67. The largest absolute Gasteiger partial charge is 0.497 e. The molecule has 0 heterocycles. The zero-order valence-corrected chi connectivity index (χ0v) is 12.7. The first kappa shape index (κ1) is 15.2. The highest BCUT2D eigenvalue weighted by Gasteiger charge is 2.04. The van der Waals surface area contributed by atoms with Gasteiger partial charge in [0.1, 0.15) is 11.5 Å². The van der Waals surface area contributed by atoms with E-state index in [-0.39, 0.29) is 0 Å². The van der Waals surface area contributed by atoms with E-state index in [0.717, 1.165) is 23.7 Å². The normalized spacial score (nSPS) is 10.2. The number of benzene rings is 2. The quantitative estimate of drug-likeness (QED) is 0.846. The maximum atomic E-state index is 5.35. The predicted molar refractivity (Wildman–Crippen MR) is 84.0 cm³/mol. The highest BCUT2D eigenvalue weighted by atomic mass is 16.5. The van der Waals surface area contributed by atoms with E-state index in [1.807, 2.05) is 18.2 Å². The summed E-state index contributed by atoms with van der Waals surface area (Å²) < 4.78 is 15.7. The van der Waals surface area contributed by atoms with E-state index in [1.54, 1.807) is 21.3 Å². The van der Waals surface area contributed by atoms with Crippen LogP contribution in [0.15, 0.2) is 42.5 Å². The fourth-order valence-corrected chi connectivity index (χ4v) is 2.07. The summed E-state index contributed by atoms with van der Waals surface area (Å²) in [5.74, 6) is 1.60. The second-order valence-electron chi connectivity index (χ2n) is 4.67. The summed E-state index contributed by atoms with van der Waals surface area (Å²) in [7, 11) is 5.01. The first-order valence-corrected chi connectivity index (χ1v) is 6.79. The monoisotopic (exact) mass is 287 g/mol. The Morgan fingerprint density at radius 3 is 2.19 bits per heavy atom. The van der Waals surface area contributed by atoms with Gasteiger partial charge in [0.25, 0.3) is 0 Å². The minimum Gasteiger partial charge on any atom is -0.497 e. The van der Waals surface area contributed by atoms with Crippen LogP contribution in [0.2, 0.25) is 0 Å². The molecule has 2 aromatic carbocycles. The van der Waals surface area contributed by atoms with Crippen LogP contribution in [0.25, 0.3) is 0 Å². The molecule has 2 aromatic rings. The van der Waals surface area contributed by atoms with Gasteiger partial charge >= 0.3 is 0 Å². The molecule has 0 spiro atoms. The minimum absolute atomic E-state index is 0.636. The van der Waals surface area contributed by atoms with Gasteiger partial charge in [-0.3, -0.25) is 0 Å². The molecule has 0 aromatic heterocycles. The van der Waals surface area contributed by atoms with Crippen LogP contribution in [0, 0.1) is 0 Å². The van der Waals surface area contributed by atoms with Crippen LogP contribution < -0.4 is 14.8 Å². The van der Waals surface area contributed by atoms with E-state index in [1.165, 1.54) is 11.1 Å². The third-order valence-corrected chi connectivity index (χ3v) is 3.22. The van der Waals surface area contributed by atoms with Crippen molar-refractivity contribution < 1.29 is 14.2 Å². The van der Waals surface area contributed by atoms with Crippen molar-refractivity contribution in [2.45, 2.75) is 13.2 Å². The molecule has 0 aliphatic heterocycles. The summed E-state index contributed by atoms with van der Waals surface area (Å²) >= 11 is 0. The van der Waals surface area contributed by atoms with Crippen LogP contribution in [-0.4, -0.2) is 21.3 Å². The molecule has 0 radical (unpaired) electrons. The van der Waals surface area contributed by atoms with Gasteiger partial charge in [-0.15, -0.1) is 0 Å². The highest BCUT2D eigenvalue weighted by molar-refractivity contribution is 5.59. The van der Waals surface area contributed by atoms with Crippen molar-refractivity contribution >= 4 is 5.69 Å². The fourth-order valence-electron chi connectivity index (χ4n) is 2.07. The van der Waals surface area contributed by atoms with Gasteiger partial charge in [0.05, 0.1) is 26.5 Å². The first-order valence-electron chi connectivity index (χ1n) is 6.79. The lowest BCUT2D eigenvalue weighted by molar-refractivity contribution is 0.185. The number of anilines is 1. The van der Waals surface area contributed by atoms with Gasteiger partial charge in [0, 0.05) is 19.7 Å². The number of nitrogens with one attached hydrogen (secondary N) is 1. The summed E-state index contributed by atoms with van der Waals surface area (Å²) in [5.41, 5.74) is 3.28. The van der Waals surface area contributed by atoms with Crippen molar-refractivity contribution in [1.82, 2.24) is 0 Å². The third kappa shape index (κ3) is 4.13. The molecule has 21 heavy (non-hydrogen) atoms. The molecule has 0 saturated carbocycles. The van der Waals surface area contributed by atoms with Gasteiger partial charge in [0.15, 0.2) is 0 Å². The molecule has 0 fully saturated rings. The van der Waals surface area contributed by atoms with Crippen molar-refractivity contribution in [3.8, 4) is 11.5 Å². The standard InChI is InChI=1S/C17H21NO3/c1-19-12-14-6-4-13(5-7-14)11-18-16-10-15(20-2)8-9-17(16)21-3/h4-10,18H,11-12H2,1-3H3. The molecule has 112 valence electrons. The zero-order valence-electron chi connectivity index (χ0n) is 12.7. The number of hydrogen-bond donors (Lipinski definition) is 1. The molecule has 2 rings (SSSR count). The summed E-state index contributed by atoms with van der Waals surface area (Å²) in [5, 5.41) is 3.37. The van der Waals surface area contributed by atoms with E-state index >= 15 is 0 Å². The summed E-state index contributed by atoms with van der Waals surface area (Å²) in [6, 6.07) is 14.0. The Hall–Kier alpha value is -2.20.